The Morgan fingerprint density at radius 3 is 2.47 bits per heavy atom. The van der Waals surface area contributed by atoms with Crippen molar-refractivity contribution in [3.05, 3.63) is 48.0 Å². The summed E-state index contributed by atoms with van der Waals surface area (Å²) < 4.78 is 5.05. The highest BCUT2D eigenvalue weighted by Gasteiger charge is 2.34. The standard InChI is InChI=1S/C14H15NO4/c1-10-6-7-14(16)13(8-10)15(17,18)11-4-3-5-12(9-11)19-2/h3-9,17-18H,1-2H3/p+1. The molecule has 0 saturated heterocycles. The molecule has 0 fully saturated rings. The SMILES string of the molecule is COc1cccc([N+](O)(O)c2cc(C)ccc2O)c1. The summed E-state index contributed by atoms with van der Waals surface area (Å²) in [6, 6.07) is 11.0. The maximum atomic E-state index is 10.3. The van der Waals surface area contributed by atoms with Crippen LogP contribution >= 0.6 is 0 Å². The highest BCUT2D eigenvalue weighted by Crippen LogP contribution is 2.38. The summed E-state index contributed by atoms with van der Waals surface area (Å²) in [7, 11) is 1.49. The Morgan fingerprint density at radius 2 is 1.79 bits per heavy atom. The zero-order valence-corrected chi connectivity index (χ0v) is 10.7. The molecule has 0 saturated carbocycles. The summed E-state index contributed by atoms with van der Waals surface area (Å²) in [6.45, 7) is 1.80. The minimum absolute atomic E-state index is 0.0201. The lowest BCUT2D eigenvalue weighted by molar-refractivity contribution is -0.245. The van der Waals surface area contributed by atoms with Gasteiger partial charge in [-0.1, -0.05) is 12.1 Å². The van der Waals surface area contributed by atoms with E-state index in [0.29, 0.717) is 5.75 Å². The smallest absolute Gasteiger partial charge is 0.247 e. The molecule has 0 bridgehead atoms. The highest BCUT2D eigenvalue weighted by atomic mass is 16.8. The molecule has 0 aliphatic carbocycles. The van der Waals surface area contributed by atoms with E-state index in [1.54, 1.807) is 25.1 Å². The van der Waals surface area contributed by atoms with Gasteiger partial charge in [-0.2, -0.15) is 10.4 Å². The van der Waals surface area contributed by atoms with E-state index in [1.807, 2.05) is 0 Å². The van der Waals surface area contributed by atoms with Gasteiger partial charge in [-0.25, -0.2) is 0 Å². The second-order valence-electron chi connectivity index (χ2n) is 4.29. The monoisotopic (exact) mass is 262 g/mol. The molecule has 0 aliphatic heterocycles. The van der Waals surface area contributed by atoms with Gasteiger partial charge in [-0.05, 0) is 24.6 Å². The predicted molar refractivity (Wildman–Crippen MR) is 70.9 cm³/mol. The number of hydrogen-bond acceptors (Lipinski definition) is 4. The lowest BCUT2D eigenvalue weighted by Gasteiger charge is -2.21. The van der Waals surface area contributed by atoms with Crippen LogP contribution in [-0.4, -0.2) is 22.6 Å². The molecule has 3 N–H and O–H groups in total. The third-order valence-electron chi connectivity index (χ3n) is 2.88. The largest absolute Gasteiger partial charge is 0.503 e. The molecule has 2 rings (SSSR count). The summed E-state index contributed by atoms with van der Waals surface area (Å²) in [4.78, 5) is -1.54. The van der Waals surface area contributed by atoms with Gasteiger partial charge in [0.15, 0.2) is 5.75 Å². The van der Waals surface area contributed by atoms with Crippen LogP contribution in [0.15, 0.2) is 42.5 Å². The Bertz CT molecular complexity index is 596. The van der Waals surface area contributed by atoms with Crippen LogP contribution in [0.1, 0.15) is 5.56 Å². The first-order valence-electron chi connectivity index (χ1n) is 5.74. The minimum Gasteiger partial charge on any atom is -0.503 e. The molecule has 100 valence electrons. The predicted octanol–water partition coefficient (Wildman–Crippen LogP) is 3.13. The fraction of sp³-hybridized carbons (Fsp3) is 0.143. The van der Waals surface area contributed by atoms with Crippen LogP contribution < -0.4 is 9.55 Å². The van der Waals surface area contributed by atoms with Crippen molar-refractivity contribution in [1.29, 1.82) is 0 Å². The van der Waals surface area contributed by atoms with E-state index >= 15 is 0 Å². The molecule has 0 amide bonds. The van der Waals surface area contributed by atoms with Crippen molar-refractivity contribution in [2.45, 2.75) is 6.92 Å². The highest BCUT2D eigenvalue weighted by molar-refractivity contribution is 5.62. The molecule has 5 heteroatoms. The summed E-state index contributed by atoms with van der Waals surface area (Å²) >= 11 is 0. The first kappa shape index (κ1) is 13.4. The lowest BCUT2D eigenvalue weighted by atomic mass is 10.2. The molecule has 0 aromatic heterocycles. The molecule has 0 spiro atoms. The van der Waals surface area contributed by atoms with Crippen molar-refractivity contribution in [3.8, 4) is 11.5 Å². The Labute approximate surface area is 111 Å². The van der Waals surface area contributed by atoms with E-state index in [0.717, 1.165) is 5.56 Å². The van der Waals surface area contributed by atoms with Gasteiger partial charge >= 0.3 is 0 Å². The number of aryl methyl sites for hydroxylation is 1. The Morgan fingerprint density at radius 1 is 1.05 bits per heavy atom. The number of ether oxygens (including phenoxy) is 1. The molecule has 2 aromatic carbocycles. The zero-order valence-electron chi connectivity index (χ0n) is 10.7. The molecule has 0 unspecified atom stereocenters. The average molecular weight is 262 g/mol. The van der Waals surface area contributed by atoms with Gasteiger partial charge in [0.1, 0.15) is 5.75 Å². The van der Waals surface area contributed by atoms with Crippen LogP contribution in [0, 0.1) is 6.92 Å². The first-order valence-corrected chi connectivity index (χ1v) is 5.74. The zero-order chi connectivity index (χ0) is 14.0. The topological polar surface area (TPSA) is 69.9 Å². The number of benzene rings is 2. The molecule has 0 atom stereocenters. The quantitative estimate of drug-likeness (QED) is 0.587. The van der Waals surface area contributed by atoms with Crippen molar-refractivity contribution in [3.63, 3.8) is 0 Å². The van der Waals surface area contributed by atoms with Crippen molar-refractivity contribution in [2.24, 2.45) is 0 Å². The number of rotatable bonds is 3. The van der Waals surface area contributed by atoms with Gasteiger partial charge in [0.05, 0.1) is 7.11 Å². The third kappa shape index (κ3) is 2.53. The number of methoxy groups -OCH3 is 1. The number of nitrogens with zero attached hydrogens (tertiary/aromatic N) is 1. The maximum absolute atomic E-state index is 10.3. The molecule has 0 radical (unpaired) electrons. The second-order valence-corrected chi connectivity index (χ2v) is 4.29. The van der Waals surface area contributed by atoms with Crippen molar-refractivity contribution in [1.82, 2.24) is 4.81 Å². The van der Waals surface area contributed by atoms with Crippen molar-refractivity contribution in [2.75, 3.05) is 7.11 Å². The van der Waals surface area contributed by atoms with Crippen LogP contribution in [-0.2, 0) is 0 Å². The van der Waals surface area contributed by atoms with E-state index in [4.69, 9.17) is 4.74 Å². The van der Waals surface area contributed by atoms with Gasteiger partial charge in [-0.3, -0.25) is 0 Å². The fourth-order valence-electron chi connectivity index (χ4n) is 1.83. The number of phenolic OH excluding ortho intramolecular Hbond substituents is 1. The molecular weight excluding hydrogens is 246 g/mol. The Kier molecular flexibility index (Phi) is 3.44. The number of hydrogen-bond donors (Lipinski definition) is 3. The Balaban J connectivity index is 2.54. The van der Waals surface area contributed by atoms with Gasteiger partial charge in [-0.15, -0.1) is 0 Å². The average Bonchev–Trinajstić information content (AvgIpc) is 2.41. The van der Waals surface area contributed by atoms with Crippen molar-refractivity contribution < 1.29 is 20.3 Å². The maximum Gasteiger partial charge on any atom is 0.247 e. The minimum atomic E-state index is -1.54. The third-order valence-corrected chi connectivity index (χ3v) is 2.88. The Hall–Kier alpha value is -2.08. The molecule has 5 nitrogen and oxygen atoms in total. The summed E-state index contributed by atoms with van der Waals surface area (Å²) in [6.07, 6.45) is 0. The lowest BCUT2D eigenvalue weighted by Crippen LogP contribution is -2.36. The van der Waals surface area contributed by atoms with Crippen LogP contribution in [0.3, 0.4) is 0 Å². The van der Waals surface area contributed by atoms with E-state index in [1.165, 1.54) is 31.4 Å². The van der Waals surface area contributed by atoms with Gasteiger partial charge < -0.3 is 9.84 Å². The normalized spacial score (nSPS) is 11.4. The van der Waals surface area contributed by atoms with E-state index in [9.17, 15) is 15.5 Å². The summed E-state index contributed by atoms with van der Waals surface area (Å²) in [5, 5.41) is 30.3. The molecule has 19 heavy (non-hydrogen) atoms. The molecule has 2 aromatic rings. The van der Waals surface area contributed by atoms with E-state index in [-0.39, 0.29) is 17.1 Å². The first-order chi connectivity index (χ1) is 8.95. The van der Waals surface area contributed by atoms with E-state index in [2.05, 4.69) is 0 Å². The van der Waals surface area contributed by atoms with Crippen molar-refractivity contribution >= 4 is 11.4 Å². The molecular formula is C14H16NO4+. The van der Waals surface area contributed by atoms with Gasteiger partial charge in [0.2, 0.25) is 11.4 Å². The fourth-order valence-corrected chi connectivity index (χ4v) is 1.83. The van der Waals surface area contributed by atoms with Gasteiger partial charge in [0.25, 0.3) is 0 Å². The van der Waals surface area contributed by atoms with Crippen LogP contribution in [0.2, 0.25) is 0 Å². The number of quaternary nitrogens is 1. The number of phenols is 1. The van der Waals surface area contributed by atoms with Crippen LogP contribution in [0.5, 0.6) is 11.5 Å². The molecule has 0 heterocycles. The van der Waals surface area contributed by atoms with Crippen LogP contribution in [0.4, 0.5) is 11.4 Å². The summed E-state index contributed by atoms with van der Waals surface area (Å²) in [5.74, 6) is 0.300. The number of aromatic hydroxyl groups is 1. The molecule has 0 aliphatic rings. The second kappa shape index (κ2) is 4.89. The van der Waals surface area contributed by atoms with Gasteiger partial charge in [0, 0.05) is 23.0 Å². The van der Waals surface area contributed by atoms with E-state index < -0.39 is 4.81 Å². The summed E-state index contributed by atoms with van der Waals surface area (Å²) in [5.41, 5.74) is 0.954. The van der Waals surface area contributed by atoms with Crippen LogP contribution in [0.25, 0.3) is 0 Å².